The van der Waals surface area contributed by atoms with Gasteiger partial charge in [-0.15, -0.1) is 11.3 Å². The number of nitro groups is 1. The van der Waals surface area contributed by atoms with Gasteiger partial charge in [0.25, 0.3) is 0 Å². The lowest BCUT2D eigenvalue weighted by Gasteiger charge is -1.77. The van der Waals surface area contributed by atoms with E-state index in [1.165, 1.54) is 17.4 Å². The minimum Gasteiger partial charge on any atom is -0.259 e. The first kappa shape index (κ1) is 8.23. The Morgan fingerprint density at radius 1 is 1.73 bits per heavy atom. The summed E-state index contributed by atoms with van der Waals surface area (Å²) in [5.74, 6) is 0. The van der Waals surface area contributed by atoms with Gasteiger partial charge >= 0.3 is 0 Å². The quantitative estimate of drug-likeness (QED) is 0.530. The van der Waals surface area contributed by atoms with Gasteiger partial charge in [0.05, 0.1) is 9.95 Å². The molecule has 58 valence electrons. The first-order valence-electron chi connectivity index (χ1n) is 2.74. The molecule has 1 aromatic rings. The average Bonchev–Trinajstić information content (AvgIpc) is 2.31. The maximum atomic E-state index is 9.87. The molecule has 0 unspecified atom stereocenters. The van der Waals surface area contributed by atoms with Crippen molar-refractivity contribution in [2.45, 2.75) is 0 Å². The fraction of sp³-hybridized carbons (Fsp3) is 0. The zero-order valence-electron chi connectivity index (χ0n) is 5.36. The second-order valence-electron chi connectivity index (χ2n) is 1.77. The smallest absolute Gasteiger partial charge is 0.235 e. The van der Waals surface area contributed by atoms with Crippen LogP contribution < -0.4 is 0 Å². The molecule has 0 radical (unpaired) electrons. The molecule has 0 saturated carbocycles. The fourth-order valence-corrected chi connectivity index (χ4v) is 1.52. The van der Waals surface area contributed by atoms with E-state index < -0.39 is 4.92 Å². The van der Waals surface area contributed by atoms with E-state index in [2.05, 4.69) is 0 Å². The number of hydrogen-bond acceptors (Lipinski definition) is 3. The molecule has 0 amide bonds. The number of nitrogens with zero attached hydrogens (tertiary/aromatic N) is 1. The Morgan fingerprint density at radius 3 is 2.91 bits per heavy atom. The van der Waals surface area contributed by atoms with Crippen LogP contribution in [0.1, 0.15) is 4.88 Å². The molecule has 0 spiro atoms. The lowest BCUT2D eigenvalue weighted by atomic mass is 10.4. The molecule has 0 fully saturated rings. The van der Waals surface area contributed by atoms with E-state index in [1.807, 2.05) is 0 Å². The first-order valence-corrected chi connectivity index (χ1v) is 4.00. The van der Waals surface area contributed by atoms with Crippen molar-refractivity contribution in [2.24, 2.45) is 0 Å². The molecule has 0 aliphatic carbocycles. The zero-order valence-corrected chi connectivity index (χ0v) is 6.93. The Kier molecular flexibility index (Phi) is 2.62. The Labute approximate surface area is 72.1 Å². The summed E-state index contributed by atoms with van der Waals surface area (Å²) in [6.45, 7) is 0. The fourth-order valence-electron chi connectivity index (χ4n) is 0.550. The molecule has 0 N–H and O–H groups in total. The maximum Gasteiger partial charge on any atom is 0.235 e. The molecule has 1 heterocycles. The molecule has 0 atom stereocenters. The first-order chi connectivity index (χ1) is 5.18. The van der Waals surface area contributed by atoms with Gasteiger partial charge in [0.1, 0.15) is 0 Å². The summed E-state index contributed by atoms with van der Waals surface area (Å²) in [6, 6.07) is 1.67. The van der Waals surface area contributed by atoms with Crippen LogP contribution in [0.15, 0.2) is 17.6 Å². The van der Waals surface area contributed by atoms with Crippen LogP contribution in [0.5, 0.6) is 0 Å². The molecular formula is C6H4ClNO2S. The normalized spacial score (nSPS) is 10.6. The number of thiophene rings is 1. The van der Waals surface area contributed by atoms with E-state index in [9.17, 15) is 10.1 Å². The van der Waals surface area contributed by atoms with Gasteiger partial charge in [0, 0.05) is 16.3 Å². The van der Waals surface area contributed by atoms with Crippen molar-refractivity contribution < 1.29 is 4.92 Å². The Balaban J connectivity index is 2.71. The summed E-state index contributed by atoms with van der Waals surface area (Å²) < 4.78 is 0. The van der Waals surface area contributed by atoms with Crippen molar-refractivity contribution in [2.75, 3.05) is 0 Å². The summed E-state index contributed by atoms with van der Waals surface area (Å²) in [6.07, 6.45) is 2.30. The lowest BCUT2D eigenvalue weighted by Crippen LogP contribution is -1.80. The number of hydrogen-bond donors (Lipinski definition) is 0. The predicted octanol–water partition coefficient (Wildman–Crippen LogP) is 2.65. The van der Waals surface area contributed by atoms with Gasteiger partial charge in [0.15, 0.2) is 0 Å². The highest BCUT2D eigenvalue weighted by Gasteiger charge is 1.94. The van der Waals surface area contributed by atoms with E-state index >= 15 is 0 Å². The average molecular weight is 190 g/mol. The minimum atomic E-state index is -0.506. The van der Waals surface area contributed by atoms with E-state index in [1.54, 1.807) is 11.4 Å². The molecule has 0 bridgehead atoms. The molecule has 5 heteroatoms. The van der Waals surface area contributed by atoms with Crippen LogP contribution in [0, 0.1) is 10.1 Å². The highest BCUT2D eigenvalue weighted by atomic mass is 35.5. The molecule has 1 aromatic heterocycles. The van der Waals surface area contributed by atoms with Crippen molar-refractivity contribution in [3.05, 3.63) is 37.7 Å². The summed E-state index contributed by atoms with van der Waals surface area (Å²) in [5, 5.41) is 12.2. The molecule has 3 nitrogen and oxygen atoms in total. The van der Waals surface area contributed by atoms with Gasteiger partial charge in [-0.05, 0) is 6.07 Å². The van der Waals surface area contributed by atoms with Crippen molar-refractivity contribution in [1.29, 1.82) is 0 Å². The molecule has 0 saturated heterocycles. The van der Waals surface area contributed by atoms with Gasteiger partial charge in [-0.3, -0.25) is 10.1 Å². The van der Waals surface area contributed by atoms with Crippen LogP contribution in [0.3, 0.4) is 0 Å². The van der Waals surface area contributed by atoms with Gasteiger partial charge < -0.3 is 0 Å². The lowest BCUT2D eigenvalue weighted by molar-refractivity contribution is -0.400. The standard InChI is InChI=1S/C6H4ClNO2S/c7-5-3-6(11-4-5)1-2-8(9)10/h1-4H/b2-1+. The van der Waals surface area contributed by atoms with Gasteiger partial charge in [-0.25, -0.2) is 0 Å². The predicted molar refractivity (Wildman–Crippen MR) is 45.4 cm³/mol. The van der Waals surface area contributed by atoms with Crippen molar-refractivity contribution >= 4 is 29.0 Å². The molecule has 1 rings (SSSR count). The summed E-state index contributed by atoms with van der Waals surface area (Å²) in [5.41, 5.74) is 0. The minimum absolute atomic E-state index is 0.506. The van der Waals surface area contributed by atoms with Crippen LogP contribution in [-0.2, 0) is 0 Å². The van der Waals surface area contributed by atoms with E-state index in [0.717, 1.165) is 11.1 Å². The monoisotopic (exact) mass is 189 g/mol. The van der Waals surface area contributed by atoms with Crippen LogP contribution in [-0.4, -0.2) is 4.92 Å². The third kappa shape index (κ3) is 2.69. The topological polar surface area (TPSA) is 43.1 Å². The second kappa shape index (κ2) is 3.50. The van der Waals surface area contributed by atoms with Crippen LogP contribution in [0.25, 0.3) is 6.08 Å². The number of rotatable bonds is 2. The van der Waals surface area contributed by atoms with E-state index in [0.29, 0.717) is 5.02 Å². The van der Waals surface area contributed by atoms with Crippen LogP contribution >= 0.6 is 22.9 Å². The highest BCUT2D eigenvalue weighted by molar-refractivity contribution is 7.11. The summed E-state index contributed by atoms with van der Waals surface area (Å²) in [4.78, 5) is 10.1. The summed E-state index contributed by atoms with van der Waals surface area (Å²) in [7, 11) is 0. The van der Waals surface area contributed by atoms with Gasteiger partial charge in [-0.2, -0.15) is 0 Å². The molecular weight excluding hydrogens is 186 g/mol. The van der Waals surface area contributed by atoms with Crippen LogP contribution in [0.2, 0.25) is 5.02 Å². The van der Waals surface area contributed by atoms with E-state index in [-0.39, 0.29) is 0 Å². The second-order valence-corrected chi connectivity index (χ2v) is 3.15. The number of halogens is 1. The Morgan fingerprint density at radius 2 is 2.45 bits per heavy atom. The maximum absolute atomic E-state index is 9.87. The van der Waals surface area contributed by atoms with Gasteiger partial charge in [0.2, 0.25) is 6.20 Å². The SMILES string of the molecule is O=[N+]([O-])/C=C/c1cc(Cl)cs1. The zero-order chi connectivity index (χ0) is 8.27. The Bertz CT molecular complexity index is 295. The molecule has 0 aromatic carbocycles. The highest BCUT2D eigenvalue weighted by Crippen LogP contribution is 2.19. The third-order valence-corrected chi connectivity index (χ3v) is 2.19. The van der Waals surface area contributed by atoms with Gasteiger partial charge in [-0.1, -0.05) is 11.6 Å². The molecule has 0 aliphatic heterocycles. The van der Waals surface area contributed by atoms with E-state index in [4.69, 9.17) is 11.6 Å². The van der Waals surface area contributed by atoms with Crippen LogP contribution in [0.4, 0.5) is 0 Å². The third-order valence-electron chi connectivity index (χ3n) is 0.948. The summed E-state index contributed by atoms with van der Waals surface area (Å²) >= 11 is 6.95. The van der Waals surface area contributed by atoms with Crippen molar-refractivity contribution in [3.8, 4) is 0 Å². The van der Waals surface area contributed by atoms with Crippen molar-refractivity contribution in [3.63, 3.8) is 0 Å². The molecule has 0 aliphatic rings. The Hall–Kier alpha value is -0.870. The molecule has 11 heavy (non-hydrogen) atoms. The van der Waals surface area contributed by atoms with Crippen molar-refractivity contribution in [1.82, 2.24) is 0 Å². The largest absolute Gasteiger partial charge is 0.259 e.